The van der Waals surface area contributed by atoms with Gasteiger partial charge in [-0.1, -0.05) is 26.8 Å². The maximum atomic E-state index is 4.45. The molecule has 4 nitrogen and oxygen atoms in total. The van der Waals surface area contributed by atoms with Crippen LogP contribution in [0.1, 0.15) is 32.2 Å². The minimum Gasteiger partial charge on any atom is -0.259 e. The van der Waals surface area contributed by atoms with Gasteiger partial charge < -0.3 is 0 Å². The summed E-state index contributed by atoms with van der Waals surface area (Å²) in [5.74, 6) is 0. The predicted octanol–water partition coefficient (Wildman–Crippen LogP) is 4.12. The third kappa shape index (κ3) is 3.43. The predicted molar refractivity (Wildman–Crippen MR) is 73.3 cm³/mol. The minimum atomic E-state index is 0.0608. The zero-order chi connectivity index (χ0) is 13.0. The van der Waals surface area contributed by atoms with E-state index >= 15 is 0 Å². The van der Waals surface area contributed by atoms with Crippen LogP contribution in [-0.2, 0) is 12.0 Å². The lowest BCUT2D eigenvalue weighted by atomic mass is 9.93. The molecule has 0 spiro atoms. The number of rotatable bonds is 3. The van der Waals surface area contributed by atoms with Crippen LogP contribution in [0.2, 0.25) is 0 Å². The summed E-state index contributed by atoms with van der Waals surface area (Å²) in [6.45, 7) is 6.90. The molecule has 0 aliphatic heterocycles. The van der Waals surface area contributed by atoms with Crippen molar-refractivity contribution in [3.05, 3.63) is 41.2 Å². The molecular formula is C13H16N4S. The first-order valence-electron chi connectivity index (χ1n) is 5.79. The van der Waals surface area contributed by atoms with E-state index in [-0.39, 0.29) is 5.41 Å². The van der Waals surface area contributed by atoms with E-state index in [9.17, 15) is 0 Å². The van der Waals surface area contributed by atoms with E-state index in [1.165, 1.54) is 11.3 Å². The van der Waals surface area contributed by atoms with Crippen LogP contribution in [-0.4, -0.2) is 9.97 Å². The summed E-state index contributed by atoms with van der Waals surface area (Å²) in [5, 5.41) is 11.0. The summed E-state index contributed by atoms with van der Waals surface area (Å²) >= 11 is 1.52. The fourth-order valence-corrected chi connectivity index (χ4v) is 2.19. The molecule has 2 aromatic rings. The molecule has 0 saturated carbocycles. The Bertz CT molecular complexity index is 525. The Hall–Kier alpha value is -1.62. The van der Waals surface area contributed by atoms with E-state index in [0.717, 1.165) is 11.4 Å². The van der Waals surface area contributed by atoms with Gasteiger partial charge in [0.1, 0.15) is 6.54 Å². The lowest BCUT2D eigenvalue weighted by molar-refractivity contribution is 0.573. The van der Waals surface area contributed by atoms with Gasteiger partial charge in [0, 0.05) is 17.0 Å². The third-order valence-corrected chi connectivity index (χ3v) is 3.10. The number of hydrogen-bond acceptors (Lipinski definition) is 5. The van der Waals surface area contributed by atoms with Crippen molar-refractivity contribution in [1.82, 2.24) is 9.97 Å². The van der Waals surface area contributed by atoms with E-state index in [1.807, 2.05) is 23.6 Å². The van der Waals surface area contributed by atoms with Gasteiger partial charge in [-0.2, -0.15) is 5.11 Å². The Morgan fingerprint density at radius 1 is 1.28 bits per heavy atom. The summed E-state index contributed by atoms with van der Waals surface area (Å²) in [5.41, 5.74) is 2.03. The van der Waals surface area contributed by atoms with Gasteiger partial charge in [0.25, 0.3) is 0 Å². The lowest BCUT2D eigenvalue weighted by Crippen LogP contribution is -2.10. The highest BCUT2D eigenvalue weighted by molar-refractivity contribution is 7.13. The summed E-state index contributed by atoms with van der Waals surface area (Å²) in [6, 6.07) is 5.76. The molecule has 0 fully saturated rings. The molecule has 94 valence electrons. The van der Waals surface area contributed by atoms with E-state index in [1.54, 1.807) is 6.20 Å². The van der Waals surface area contributed by atoms with Crippen molar-refractivity contribution in [3.63, 3.8) is 0 Å². The van der Waals surface area contributed by atoms with Crippen molar-refractivity contribution in [1.29, 1.82) is 0 Å². The topological polar surface area (TPSA) is 50.5 Å². The number of nitrogens with zero attached hydrogens (tertiary/aromatic N) is 4. The number of hydrogen-bond donors (Lipinski definition) is 0. The molecule has 2 rings (SSSR count). The van der Waals surface area contributed by atoms with Crippen LogP contribution in [0.15, 0.2) is 40.0 Å². The Labute approximate surface area is 111 Å². The van der Waals surface area contributed by atoms with Crippen LogP contribution >= 0.6 is 11.3 Å². The number of thiazole rings is 1. The second kappa shape index (κ2) is 5.35. The van der Waals surface area contributed by atoms with Crippen LogP contribution in [0.3, 0.4) is 0 Å². The maximum Gasteiger partial charge on any atom is 0.229 e. The molecule has 0 N–H and O–H groups in total. The van der Waals surface area contributed by atoms with Gasteiger partial charge in [0.15, 0.2) is 0 Å². The second-order valence-corrected chi connectivity index (χ2v) is 5.82. The zero-order valence-corrected chi connectivity index (χ0v) is 11.6. The Morgan fingerprint density at radius 2 is 2.11 bits per heavy atom. The SMILES string of the molecule is CC(C)(C)c1csc(N=NCc2ccccn2)n1. The fraction of sp³-hybridized carbons (Fsp3) is 0.385. The monoisotopic (exact) mass is 260 g/mol. The highest BCUT2D eigenvalue weighted by Gasteiger charge is 2.17. The van der Waals surface area contributed by atoms with Crippen LogP contribution < -0.4 is 0 Å². The van der Waals surface area contributed by atoms with E-state index in [2.05, 4.69) is 41.0 Å². The van der Waals surface area contributed by atoms with Crippen molar-refractivity contribution in [2.45, 2.75) is 32.7 Å². The third-order valence-electron chi connectivity index (χ3n) is 2.38. The standard InChI is InChI=1S/C13H16N4S/c1-13(2,3)11-9-18-12(16-11)17-15-8-10-6-4-5-7-14-10/h4-7,9H,8H2,1-3H3. The quantitative estimate of drug-likeness (QED) is 0.779. The molecule has 5 heteroatoms. The summed E-state index contributed by atoms with van der Waals surface area (Å²) in [6.07, 6.45) is 1.76. The highest BCUT2D eigenvalue weighted by Crippen LogP contribution is 2.28. The summed E-state index contributed by atoms with van der Waals surface area (Å²) < 4.78 is 0. The number of azo groups is 1. The molecule has 0 unspecified atom stereocenters. The molecule has 0 amide bonds. The maximum absolute atomic E-state index is 4.45. The van der Waals surface area contributed by atoms with Gasteiger partial charge in [0.2, 0.25) is 5.13 Å². The van der Waals surface area contributed by atoms with Gasteiger partial charge in [-0.05, 0) is 12.1 Å². The van der Waals surface area contributed by atoms with Crippen molar-refractivity contribution in [2.24, 2.45) is 10.2 Å². The van der Waals surface area contributed by atoms with Crippen LogP contribution in [0.4, 0.5) is 5.13 Å². The molecule has 0 atom stereocenters. The summed E-state index contributed by atoms with van der Waals surface area (Å²) in [7, 11) is 0. The molecule has 0 radical (unpaired) electrons. The van der Waals surface area contributed by atoms with Crippen molar-refractivity contribution in [3.8, 4) is 0 Å². The molecule has 0 saturated heterocycles. The van der Waals surface area contributed by atoms with Crippen LogP contribution in [0.25, 0.3) is 0 Å². The normalized spacial score (nSPS) is 12.2. The van der Waals surface area contributed by atoms with Gasteiger partial charge in [-0.15, -0.1) is 16.5 Å². The first kappa shape index (κ1) is 12.8. The zero-order valence-electron chi connectivity index (χ0n) is 10.8. The minimum absolute atomic E-state index is 0.0608. The molecule has 2 heterocycles. The molecule has 0 aliphatic carbocycles. The number of pyridine rings is 1. The first-order valence-corrected chi connectivity index (χ1v) is 6.67. The Morgan fingerprint density at radius 3 is 2.72 bits per heavy atom. The number of aromatic nitrogens is 2. The molecule has 0 bridgehead atoms. The van der Waals surface area contributed by atoms with Crippen molar-refractivity contribution < 1.29 is 0 Å². The molecular weight excluding hydrogens is 244 g/mol. The first-order chi connectivity index (χ1) is 8.55. The van der Waals surface area contributed by atoms with Gasteiger partial charge >= 0.3 is 0 Å². The molecule has 18 heavy (non-hydrogen) atoms. The molecule has 0 aliphatic rings. The van der Waals surface area contributed by atoms with Gasteiger partial charge in [0.05, 0.1) is 11.4 Å². The lowest BCUT2D eigenvalue weighted by Gasteiger charge is -2.13. The Balaban J connectivity index is 2.00. The molecule has 2 aromatic heterocycles. The van der Waals surface area contributed by atoms with E-state index in [0.29, 0.717) is 11.7 Å². The largest absolute Gasteiger partial charge is 0.259 e. The van der Waals surface area contributed by atoms with Crippen LogP contribution in [0, 0.1) is 0 Å². The van der Waals surface area contributed by atoms with Crippen molar-refractivity contribution in [2.75, 3.05) is 0 Å². The average Bonchev–Trinajstić information content (AvgIpc) is 2.79. The summed E-state index contributed by atoms with van der Waals surface area (Å²) in [4.78, 5) is 8.63. The van der Waals surface area contributed by atoms with Gasteiger partial charge in [-0.3, -0.25) is 4.98 Å². The van der Waals surface area contributed by atoms with Crippen molar-refractivity contribution >= 4 is 16.5 Å². The van der Waals surface area contributed by atoms with Crippen LogP contribution in [0.5, 0.6) is 0 Å². The Kier molecular flexibility index (Phi) is 3.81. The van der Waals surface area contributed by atoms with E-state index < -0.39 is 0 Å². The van der Waals surface area contributed by atoms with Gasteiger partial charge in [-0.25, -0.2) is 4.98 Å². The van der Waals surface area contributed by atoms with E-state index in [4.69, 9.17) is 0 Å². The highest BCUT2D eigenvalue weighted by atomic mass is 32.1. The molecule has 0 aromatic carbocycles. The fourth-order valence-electron chi connectivity index (χ4n) is 1.31. The average molecular weight is 260 g/mol. The smallest absolute Gasteiger partial charge is 0.229 e. The second-order valence-electron chi connectivity index (χ2n) is 4.99.